The number of carbonyl (C=O) groups excluding carboxylic acids is 1. The molecule has 0 fully saturated rings. The minimum Gasteiger partial charge on any atom is -0.351 e. The first kappa shape index (κ1) is 17.6. The van der Waals surface area contributed by atoms with Gasteiger partial charge >= 0.3 is 0 Å². The molecule has 0 aliphatic heterocycles. The molecule has 22 heavy (non-hydrogen) atoms. The number of rotatable bonds is 7. The number of benzene rings is 1. The number of amides is 1. The lowest BCUT2D eigenvalue weighted by molar-refractivity contribution is -0.384. The highest BCUT2D eigenvalue weighted by atomic mass is 32.2. The highest BCUT2D eigenvalue weighted by Crippen LogP contribution is 2.27. The highest BCUT2D eigenvalue weighted by molar-refractivity contribution is 7.92. The van der Waals surface area contributed by atoms with Crippen LogP contribution < -0.4 is 9.62 Å². The molecule has 8 nitrogen and oxygen atoms in total. The third-order valence-corrected chi connectivity index (χ3v) is 3.93. The maximum atomic E-state index is 11.9. The smallest absolute Gasteiger partial charge is 0.271 e. The molecule has 0 spiro atoms. The van der Waals surface area contributed by atoms with E-state index in [0.29, 0.717) is 5.56 Å². The molecule has 0 saturated heterocycles. The van der Waals surface area contributed by atoms with Crippen LogP contribution in [0.25, 0.3) is 0 Å². The summed E-state index contributed by atoms with van der Waals surface area (Å²) in [6, 6.07) is 3.85. The summed E-state index contributed by atoms with van der Waals surface area (Å²) in [4.78, 5) is 22.0. The van der Waals surface area contributed by atoms with Crippen molar-refractivity contribution < 1.29 is 18.1 Å². The first-order valence-corrected chi connectivity index (χ1v) is 8.12. The van der Waals surface area contributed by atoms with Crippen LogP contribution in [0.4, 0.5) is 11.4 Å². The molecule has 0 saturated carbocycles. The van der Waals surface area contributed by atoms with Gasteiger partial charge in [-0.25, -0.2) is 8.42 Å². The predicted octanol–water partition coefficient (Wildman–Crippen LogP) is 0.971. The molecule has 9 heteroatoms. The lowest BCUT2D eigenvalue weighted by Crippen LogP contribution is -2.40. The van der Waals surface area contributed by atoms with Gasteiger partial charge in [0, 0.05) is 18.7 Å². The van der Waals surface area contributed by atoms with Gasteiger partial charge in [-0.3, -0.25) is 19.2 Å². The number of hydrogen-bond acceptors (Lipinski definition) is 5. The van der Waals surface area contributed by atoms with Gasteiger partial charge in [0.1, 0.15) is 6.54 Å². The molecule has 0 unspecified atom stereocenters. The van der Waals surface area contributed by atoms with Crippen LogP contribution in [-0.2, 0) is 14.8 Å². The van der Waals surface area contributed by atoms with E-state index in [9.17, 15) is 23.3 Å². The summed E-state index contributed by atoms with van der Waals surface area (Å²) >= 11 is 0. The van der Waals surface area contributed by atoms with Crippen LogP contribution in [0.2, 0.25) is 0 Å². The summed E-state index contributed by atoms with van der Waals surface area (Å²) in [6.07, 6.45) is 2.40. The van der Waals surface area contributed by atoms with Crippen LogP contribution >= 0.6 is 0 Å². The van der Waals surface area contributed by atoms with Crippen LogP contribution in [0, 0.1) is 17.0 Å². The minimum absolute atomic E-state index is 0.102. The van der Waals surface area contributed by atoms with Crippen LogP contribution in [0.15, 0.2) is 30.9 Å². The second-order valence-electron chi connectivity index (χ2n) is 4.59. The maximum Gasteiger partial charge on any atom is 0.271 e. The molecule has 1 aromatic rings. The SMILES string of the molecule is C=CCNC(=O)CN(c1cc([N+](=O)[O-])ccc1C)S(C)(=O)=O. The molecule has 0 atom stereocenters. The molecule has 0 bridgehead atoms. The fourth-order valence-corrected chi connectivity index (χ4v) is 2.64. The van der Waals surface area contributed by atoms with Crippen LogP contribution in [-0.4, -0.2) is 38.6 Å². The van der Waals surface area contributed by atoms with Gasteiger partial charge in [-0.05, 0) is 12.5 Å². The molecule has 1 rings (SSSR count). The van der Waals surface area contributed by atoms with E-state index in [1.807, 2.05) is 0 Å². The minimum atomic E-state index is -3.78. The Morgan fingerprint density at radius 2 is 2.14 bits per heavy atom. The molecule has 1 N–H and O–H groups in total. The number of hydrogen-bond donors (Lipinski definition) is 1. The van der Waals surface area contributed by atoms with E-state index in [-0.39, 0.29) is 17.9 Å². The Morgan fingerprint density at radius 1 is 1.50 bits per heavy atom. The van der Waals surface area contributed by atoms with E-state index in [2.05, 4.69) is 11.9 Å². The topological polar surface area (TPSA) is 110 Å². The van der Waals surface area contributed by atoms with E-state index in [4.69, 9.17) is 0 Å². The number of anilines is 1. The third-order valence-electron chi connectivity index (χ3n) is 2.80. The lowest BCUT2D eigenvalue weighted by Gasteiger charge is -2.23. The van der Waals surface area contributed by atoms with E-state index in [1.54, 1.807) is 6.92 Å². The second kappa shape index (κ2) is 7.03. The Balaban J connectivity index is 3.23. The maximum absolute atomic E-state index is 11.9. The lowest BCUT2D eigenvalue weighted by atomic mass is 10.2. The monoisotopic (exact) mass is 327 g/mol. The summed E-state index contributed by atoms with van der Waals surface area (Å²) in [5.74, 6) is -0.531. The number of non-ortho nitro benzene ring substituents is 1. The van der Waals surface area contributed by atoms with Crippen molar-refractivity contribution in [1.29, 1.82) is 0 Å². The number of aryl methyl sites for hydroxylation is 1. The zero-order valence-electron chi connectivity index (χ0n) is 12.3. The van der Waals surface area contributed by atoms with Gasteiger partial charge in [0.05, 0.1) is 16.9 Å². The fraction of sp³-hybridized carbons (Fsp3) is 0.308. The number of carbonyl (C=O) groups is 1. The van der Waals surface area contributed by atoms with Crippen molar-refractivity contribution in [3.05, 3.63) is 46.5 Å². The third kappa shape index (κ3) is 4.55. The van der Waals surface area contributed by atoms with E-state index >= 15 is 0 Å². The van der Waals surface area contributed by atoms with Crippen LogP contribution in [0.3, 0.4) is 0 Å². The molecule has 0 aliphatic rings. The largest absolute Gasteiger partial charge is 0.351 e. The molecule has 1 aromatic carbocycles. The normalized spacial score (nSPS) is 10.8. The Bertz CT molecular complexity index is 700. The summed E-state index contributed by atoms with van der Waals surface area (Å²) in [5.41, 5.74) is 0.360. The number of nitro groups is 1. The summed E-state index contributed by atoms with van der Waals surface area (Å²) < 4.78 is 24.7. The molecule has 0 heterocycles. The van der Waals surface area contributed by atoms with Gasteiger partial charge in [-0.15, -0.1) is 6.58 Å². The number of nitrogens with one attached hydrogen (secondary N) is 1. The van der Waals surface area contributed by atoms with Gasteiger partial charge in [0.15, 0.2) is 0 Å². The Morgan fingerprint density at radius 3 is 2.64 bits per heavy atom. The molecular formula is C13H17N3O5S. The Kier molecular flexibility index (Phi) is 5.63. The zero-order valence-corrected chi connectivity index (χ0v) is 13.1. The van der Waals surface area contributed by atoms with E-state index in [1.165, 1.54) is 18.2 Å². The zero-order chi connectivity index (χ0) is 16.9. The molecule has 0 aromatic heterocycles. The van der Waals surface area contributed by atoms with Gasteiger partial charge in [-0.2, -0.15) is 0 Å². The number of nitrogens with zero attached hydrogens (tertiary/aromatic N) is 2. The van der Waals surface area contributed by atoms with Crippen molar-refractivity contribution in [3.8, 4) is 0 Å². The molecule has 1 amide bonds. The van der Waals surface area contributed by atoms with Crippen LogP contribution in [0.1, 0.15) is 5.56 Å². The molecule has 0 radical (unpaired) electrons. The van der Waals surface area contributed by atoms with Gasteiger partial charge < -0.3 is 5.32 Å². The van der Waals surface area contributed by atoms with Crippen molar-refractivity contribution in [2.45, 2.75) is 6.92 Å². The molecule has 120 valence electrons. The summed E-state index contributed by atoms with van der Waals surface area (Å²) in [6.45, 7) is 4.79. The predicted molar refractivity (Wildman–Crippen MR) is 83.2 cm³/mol. The highest BCUT2D eigenvalue weighted by Gasteiger charge is 2.24. The number of sulfonamides is 1. The van der Waals surface area contributed by atoms with E-state index < -0.39 is 27.4 Å². The summed E-state index contributed by atoms with van der Waals surface area (Å²) in [5, 5.41) is 13.3. The Hall–Kier alpha value is -2.42. The van der Waals surface area contributed by atoms with E-state index in [0.717, 1.165) is 16.6 Å². The first-order chi connectivity index (χ1) is 10.2. The van der Waals surface area contributed by atoms with Crippen molar-refractivity contribution in [1.82, 2.24) is 5.32 Å². The quantitative estimate of drug-likeness (QED) is 0.456. The molecule has 0 aliphatic carbocycles. The standard InChI is InChI=1S/C13H17N3O5S/c1-4-7-14-13(17)9-15(22(3,20)21)12-8-11(16(18)19)6-5-10(12)2/h4-6,8H,1,7,9H2,2-3H3,(H,14,17). The summed E-state index contributed by atoms with van der Waals surface area (Å²) in [7, 11) is -3.78. The van der Waals surface area contributed by atoms with Crippen molar-refractivity contribution in [2.75, 3.05) is 23.7 Å². The van der Waals surface area contributed by atoms with Crippen LogP contribution in [0.5, 0.6) is 0 Å². The van der Waals surface area contributed by atoms with Crippen molar-refractivity contribution in [2.24, 2.45) is 0 Å². The van der Waals surface area contributed by atoms with Gasteiger partial charge in [0.25, 0.3) is 5.69 Å². The fourth-order valence-electron chi connectivity index (χ4n) is 1.73. The second-order valence-corrected chi connectivity index (χ2v) is 6.50. The number of nitro benzene ring substituents is 1. The average molecular weight is 327 g/mol. The van der Waals surface area contributed by atoms with Crippen molar-refractivity contribution >= 4 is 27.3 Å². The van der Waals surface area contributed by atoms with Gasteiger partial charge in [0.2, 0.25) is 15.9 Å². The van der Waals surface area contributed by atoms with Crippen molar-refractivity contribution in [3.63, 3.8) is 0 Å². The molecular weight excluding hydrogens is 310 g/mol. The van der Waals surface area contributed by atoms with Gasteiger partial charge in [-0.1, -0.05) is 12.1 Å². The Labute approximate surface area is 128 Å². The first-order valence-electron chi connectivity index (χ1n) is 6.27. The average Bonchev–Trinajstić information content (AvgIpc) is 2.42.